The van der Waals surface area contributed by atoms with Crippen LogP contribution in [0.1, 0.15) is 39.7 Å². The molecule has 0 bridgehead atoms. The van der Waals surface area contributed by atoms with Gasteiger partial charge in [-0.2, -0.15) is 0 Å². The Labute approximate surface area is 121 Å². The molecule has 0 heterocycles. The molecule has 0 saturated heterocycles. The van der Waals surface area contributed by atoms with E-state index in [0.29, 0.717) is 0 Å². The second-order valence-electron chi connectivity index (χ2n) is 5.01. The molecule has 0 saturated carbocycles. The van der Waals surface area contributed by atoms with Gasteiger partial charge in [-0.05, 0) is 44.5 Å². The van der Waals surface area contributed by atoms with E-state index >= 15 is 0 Å². The van der Waals surface area contributed by atoms with Crippen molar-refractivity contribution in [2.75, 3.05) is 6.54 Å². The molecule has 0 aliphatic rings. The third-order valence-electron chi connectivity index (χ3n) is 3.16. The van der Waals surface area contributed by atoms with Crippen molar-refractivity contribution in [3.05, 3.63) is 29.8 Å². The molecule has 0 aliphatic carbocycles. The molecule has 4 heteroatoms. The number of benzene rings is 1. The summed E-state index contributed by atoms with van der Waals surface area (Å²) in [5.74, 6) is 0.656. The minimum absolute atomic E-state index is 0.0727. The summed E-state index contributed by atoms with van der Waals surface area (Å²) >= 11 is 0. The second-order valence-corrected chi connectivity index (χ2v) is 5.01. The Balaban J connectivity index is 2.56. The molecule has 1 aromatic rings. The van der Waals surface area contributed by atoms with Crippen LogP contribution in [0.5, 0.6) is 5.75 Å². The van der Waals surface area contributed by atoms with Crippen molar-refractivity contribution in [1.82, 2.24) is 10.6 Å². The average molecular weight is 278 g/mol. The normalized spacial score (nSPS) is 13.6. The fourth-order valence-electron chi connectivity index (χ4n) is 1.72. The van der Waals surface area contributed by atoms with Crippen LogP contribution in [0.4, 0.5) is 0 Å². The molecule has 0 radical (unpaired) electrons. The van der Waals surface area contributed by atoms with E-state index in [1.807, 2.05) is 38.1 Å². The van der Waals surface area contributed by atoms with Crippen LogP contribution in [0.2, 0.25) is 0 Å². The summed E-state index contributed by atoms with van der Waals surface area (Å²) < 4.78 is 5.70. The van der Waals surface area contributed by atoms with Gasteiger partial charge in [-0.15, -0.1) is 0 Å². The third kappa shape index (κ3) is 5.61. The Morgan fingerprint density at radius 3 is 2.70 bits per heavy atom. The topological polar surface area (TPSA) is 50.4 Å². The lowest BCUT2D eigenvalue weighted by atomic mass is 10.2. The lowest BCUT2D eigenvalue weighted by molar-refractivity contribution is -0.127. The van der Waals surface area contributed by atoms with Crippen LogP contribution in [0.25, 0.3) is 0 Å². The van der Waals surface area contributed by atoms with Crippen LogP contribution in [0, 0.1) is 0 Å². The van der Waals surface area contributed by atoms with Gasteiger partial charge in [-0.1, -0.05) is 26.0 Å². The Morgan fingerprint density at radius 1 is 1.30 bits per heavy atom. The summed E-state index contributed by atoms with van der Waals surface area (Å²) in [6, 6.07) is 8.01. The van der Waals surface area contributed by atoms with E-state index in [-0.39, 0.29) is 11.9 Å². The van der Waals surface area contributed by atoms with Crippen LogP contribution in [0.3, 0.4) is 0 Å². The lowest BCUT2D eigenvalue weighted by Gasteiger charge is -2.18. The van der Waals surface area contributed by atoms with Crippen LogP contribution >= 0.6 is 0 Å². The monoisotopic (exact) mass is 278 g/mol. The molecule has 0 aliphatic heterocycles. The fourth-order valence-corrected chi connectivity index (χ4v) is 1.72. The Morgan fingerprint density at radius 2 is 2.05 bits per heavy atom. The fraction of sp³-hybridized carbons (Fsp3) is 0.562. The van der Waals surface area contributed by atoms with Gasteiger partial charge in [0.2, 0.25) is 0 Å². The smallest absolute Gasteiger partial charge is 0.260 e. The molecule has 0 aromatic heterocycles. The molecule has 2 unspecified atom stereocenters. The van der Waals surface area contributed by atoms with E-state index in [1.165, 1.54) is 0 Å². The molecular weight excluding hydrogens is 252 g/mol. The van der Waals surface area contributed by atoms with Crippen molar-refractivity contribution >= 4 is 5.91 Å². The van der Waals surface area contributed by atoms with Crippen molar-refractivity contribution in [3.63, 3.8) is 0 Å². The van der Waals surface area contributed by atoms with Crippen LogP contribution in [-0.4, -0.2) is 24.6 Å². The molecule has 1 amide bonds. The van der Waals surface area contributed by atoms with Crippen molar-refractivity contribution in [2.45, 2.75) is 52.8 Å². The first-order chi connectivity index (χ1) is 9.56. The van der Waals surface area contributed by atoms with Gasteiger partial charge in [0.25, 0.3) is 5.91 Å². The first-order valence-electron chi connectivity index (χ1n) is 7.33. The van der Waals surface area contributed by atoms with E-state index < -0.39 is 6.10 Å². The summed E-state index contributed by atoms with van der Waals surface area (Å²) in [5.41, 5.74) is 1.15. The van der Waals surface area contributed by atoms with E-state index in [9.17, 15) is 4.79 Å². The minimum atomic E-state index is -0.488. The highest BCUT2D eigenvalue weighted by atomic mass is 16.5. The third-order valence-corrected chi connectivity index (χ3v) is 3.16. The number of hydrogen-bond donors (Lipinski definition) is 2. The van der Waals surface area contributed by atoms with Crippen molar-refractivity contribution in [2.24, 2.45) is 0 Å². The van der Waals surface area contributed by atoms with Crippen molar-refractivity contribution < 1.29 is 9.53 Å². The van der Waals surface area contributed by atoms with Crippen LogP contribution in [-0.2, 0) is 11.3 Å². The van der Waals surface area contributed by atoms with E-state index in [1.54, 1.807) is 6.92 Å². The van der Waals surface area contributed by atoms with Crippen molar-refractivity contribution in [3.8, 4) is 5.75 Å². The highest BCUT2D eigenvalue weighted by Gasteiger charge is 2.16. The van der Waals surface area contributed by atoms with Gasteiger partial charge >= 0.3 is 0 Å². The molecule has 1 rings (SSSR count). The summed E-state index contributed by atoms with van der Waals surface area (Å²) in [6.45, 7) is 9.61. The highest BCUT2D eigenvalue weighted by molar-refractivity contribution is 5.80. The number of carbonyl (C=O) groups excluding carboxylic acids is 1. The average Bonchev–Trinajstić information content (AvgIpc) is 2.45. The number of nitrogens with one attached hydrogen (secondary N) is 2. The predicted octanol–water partition coefficient (Wildman–Crippen LogP) is 2.48. The van der Waals surface area contributed by atoms with Gasteiger partial charge < -0.3 is 15.4 Å². The predicted molar refractivity (Wildman–Crippen MR) is 81.8 cm³/mol. The number of ether oxygens (including phenoxy) is 1. The first-order valence-corrected chi connectivity index (χ1v) is 7.33. The lowest BCUT2D eigenvalue weighted by Crippen LogP contribution is -2.40. The largest absolute Gasteiger partial charge is 0.481 e. The second kappa shape index (κ2) is 8.59. The zero-order valence-electron chi connectivity index (χ0n) is 12.9. The summed E-state index contributed by atoms with van der Waals surface area (Å²) in [7, 11) is 0. The van der Waals surface area contributed by atoms with Gasteiger partial charge in [0.05, 0.1) is 0 Å². The molecular formula is C16H26N2O2. The Kier molecular flexibility index (Phi) is 7.09. The first kappa shape index (κ1) is 16.5. The van der Waals surface area contributed by atoms with Gasteiger partial charge in [0, 0.05) is 12.6 Å². The van der Waals surface area contributed by atoms with Gasteiger partial charge in [-0.25, -0.2) is 0 Å². The molecule has 1 aromatic carbocycles. The maximum atomic E-state index is 11.9. The van der Waals surface area contributed by atoms with Gasteiger partial charge in [0.15, 0.2) is 6.10 Å². The Hall–Kier alpha value is -1.55. The quantitative estimate of drug-likeness (QED) is 0.768. The molecule has 0 spiro atoms. The zero-order chi connectivity index (χ0) is 15.0. The summed E-state index contributed by atoms with van der Waals surface area (Å²) in [6.07, 6.45) is 0.426. The van der Waals surface area contributed by atoms with E-state index in [4.69, 9.17) is 4.74 Å². The van der Waals surface area contributed by atoms with E-state index in [2.05, 4.69) is 17.6 Å². The molecule has 0 fully saturated rings. The van der Waals surface area contributed by atoms with Crippen molar-refractivity contribution in [1.29, 1.82) is 0 Å². The number of hydrogen-bond acceptors (Lipinski definition) is 3. The number of rotatable bonds is 8. The van der Waals surface area contributed by atoms with Gasteiger partial charge in [0.1, 0.15) is 5.75 Å². The SMILES string of the molecule is CCNCc1cccc(OC(C)C(=O)NC(C)CC)c1. The standard InChI is InChI=1S/C16H26N2O2/c1-5-12(3)18-16(19)13(4)20-15-9-7-8-14(10-15)11-17-6-2/h7-10,12-13,17H,5-6,11H2,1-4H3,(H,18,19). The zero-order valence-corrected chi connectivity index (χ0v) is 12.9. The molecule has 2 N–H and O–H groups in total. The molecule has 4 nitrogen and oxygen atoms in total. The molecule has 2 atom stereocenters. The minimum Gasteiger partial charge on any atom is -0.481 e. The highest BCUT2D eigenvalue weighted by Crippen LogP contribution is 2.15. The number of carbonyl (C=O) groups is 1. The molecule has 112 valence electrons. The van der Waals surface area contributed by atoms with Crippen LogP contribution < -0.4 is 15.4 Å². The van der Waals surface area contributed by atoms with Crippen LogP contribution in [0.15, 0.2) is 24.3 Å². The summed E-state index contributed by atoms with van der Waals surface area (Å²) in [4.78, 5) is 11.9. The summed E-state index contributed by atoms with van der Waals surface area (Å²) in [5, 5.41) is 6.19. The molecule has 20 heavy (non-hydrogen) atoms. The van der Waals surface area contributed by atoms with Gasteiger partial charge in [-0.3, -0.25) is 4.79 Å². The maximum Gasteiger partial charge on any atom is 0.260 e. The maximum absolute atomic E-state index is 11.9. The Bertz CT molecular complexity index is 421. The number of amides is 1. The van der Waals surface area contributed by atoms with E-state index in [0.717, 1.165) is 30.8 Å².